The van der Waals surface area contributed by atoms with Gasteiger partial charge in [0.1, 0.15) is 18.9 Å². The van der Waals surface area contributed by atoms with Gasteiger partial charge in [-0.15, -0.1) is 0 Å². The summed E-state index contributed by atoms with van der Waals surface area (Å²) in [6.45, 7) is 0.855. The highest BCUT2D eigenvalue weighted by Crippen LogP contribution is 2.30. The van der Waals surface area contributed by atoms with Gasteiger partial charge in [0, 0.05) is 20.6 Å². The van der Waals surface area contributed by atoms with Crippen molar-refractivity contribution in [1.29, 1.82) is 0 Å². The van der Waals surface area contributed by atoms with Gasteiger partial charge in [-0.1, -0.05) is 56.1 Å². The number of aryl methyl sites for hydroxylation is 1. The highest BCUT2D eigenvalue weighted by molar-refractivity contribution is 9.10. The molecule has 25 heavy (non-hydrogen) atoms. The Hall–Kier alpha value is -1.91. The van der Waals surface area contributed by atoms with Gasteiger partial charge in [-0.05, 0) is 47.0 Å². The summed E-state index contributed by atoms with van der Waals surface area (Å²) in [5.41, 5.74) is 4.98. The fourth-order valence-electron chi connectivity index (χ4n) is 3.10. The average Bonchev–Trinajstić information content (AvgIpc) is 2.84. The van der Waals surface area contributed by atoms with Crippen molar-refractivity contribution in [3.8, 4) is 0 Å². The number of hydrogen-bond acceptors (Lipinski definition) is 0. The third kappa shape index (κ3) is 3.42. The number of aromatic nitrogens is 2. The summed E-state index contributed by atoms with van der Waals surface area (Å²) in [6, 6.07) is 17.0. The molecule has 0 unspecified atom stereocenters. The number of nitrogens with zero attached hydrogens (tertiary/aromatic N) is 2. The summed E-state index contributed by atoms with van der Waals surface area (Å²) in [6.07, 6.45) is 8.81. The minimum Gasteiger partial charge on any atom is -0.233 e. The smallest absolute Gasteiger partial charge is 0.233 e. The van der Waals surface area contributed by atoms with Gasteiger partial charge in [0.15, 0.2) is 0 Å². The summed E-state index contributed by atoms with van der Waals surface area (Å²) >= 11 is 7.05. The normalized spacial score (nSPS) is 13.7. The molecule has 0 fully saturated rings. The first kappa shape index (κ1) is 16.6. The molecule has 0 bridgehead atoms. The van der Waals surface area contributed by atoms with Crippen molar-refractivity contribution < 1.29 is 4.57 Å². The first-order valence-corrected chi connectivity index (χ1v) is 9.68. The second kappa shape index (κ2) is 6.77. The van der Waals surface area contributed by atoms with Crippen LogP contribution in [0.4, 0.5) is 0 Å². The number of halogens is 2. The lowest BCUT2D eigenvalue weighted by Gasteiger charge is -2.07. The maximum absolute atomic E-state index is 3.53. The van der Waals surface area contributed by atoms with Gasteiger partial charge in [0.25, 0.3) is 5.82 Å². The Kier molecular flexibility index (Phi) is 4.48. The molecule has 0 radical (unpaired) electrons. The molecule has 2 heterocycles. The van der Waals surface area contributed by atoms with Crippen LogP contribution in [0.15, 0.2) is 75.9 Å². The number of allylic oxidation sites excluding steroid dienone is 3. The van der Waals surface area contributed by atoms with Gasteiger partial charge in [0.2, 0.25) is 0 Å². The van der Waals surface area contributed by atoms with Crippen LogP contribution in [0.25, 0.3) is 17.2 Å². The van der Waals surface area contributed by atoms with Crippen molar-refractivity contribution in [1.82, 2.24) is 4.57 Å². The second-order valence-electron chi connectivity index (χ2n) is 6.18. The minimum atomic E-state index is 0.855. The molecular formula is C21H17Br2N2+. The zero-order valence-electron chi connectivity index (χ0n) is 13.8. The predicted molar refractivity (Wildman–Crippen MR) is 110 cm³/mol. The minimum absolute atomic E-state index is 0.855. The van der Waals surface area contributed by atoms with Crippen molar-refractivity contribution in [2.45, 2.75) is 6.54 Å². The molecule has 2 aromatic carbocycles. The van der Waals surface area contributed by atoms with Crippen LogP contribution >= 0.6 is 31.9 Å². The Morgan fingerprint density at radius 1 is 0.840 bits per heavy atom. The SMILES string of the molecule is C[n+]1ccn2c1C=C(c1ccc(Br)cc1)C=C(c1ccc(Br)cc1)C2. The van der Waals surface area contributed by atoms with Crippen LogP contribution in [-0.4, -0.2) is 4.57 Å². The van der Waals surface area contributed by atoms with Crippen LogP contribution in [0.3, 0.4) is 0 Å². The summed E-state index contributed by atoms with van der Waals surface area (Å²) in [5.74, 6) is 1.20. The molecule has 3 aromatic rings. The van der Waals surface area contributed by atoms with Crippen molar-refractivity contribution >= 4 is 49.1 Å². The fraction of sp³-hybridized carbons (Fsp3) is 0.0952. The van der Waals surface area contributed by atoms with E-state index >= 15 is 0 Å². The first-order chi connectivity index (χ1) is 12.1. The van der Waals surface area contributed by atoms with Crippen LogP contribution in [0, 0.1) is 0 Å². The van der Waals surface area contributed by atoms with Crippen LogP contribution < -0.4 is 4.57 Å². The number of fused-ring (bicyclic) bond motifs is 1. The summed E-state index contributed by atoms with van der Waals surface area (Å²) < 4.78 is 6.65. The molecule has 0 saturated carbocycles. The van der Waals surface area contributed by atoms with E-state index in [1.807, 2.05) is 0 Å². The number of benzene rings is 2. The van der Waals surface area contributed by atoms with Crippen molar-refractivity contribution in [2.24, 2.45) is 7.05 Å². The van der Waals surface area contributed by atoms with E-state index in [0.29, 0.717) is 0 Å². The molecule has 0 N–H and O–H groups in total. The maximum atomic E-state index is 3.53. The molecule has 0 atom stereocenters. The molecule has 124 valence electrons. The number of rotatable bonds is 2. The van der Waals surface area contributed by atoms with Crippen LogP contribution in [0.1, 0.15) is 17.0 Å². The number of imidazole rings is 1. The Bertz CT molecular complexity index is 978. The van der Waals surface area contributed by atoms with Crippen LogP contribution in [0.5, 0.6) is 0 Å². The summed E-state index contributed by atoms with van der Waals surface area (Å²) in [5, 5.41) is 0. The summed E-state index contributed by atoms with van der Waals surface area (Å²) in [4.78, 5) is 0. The third-order valence-electron chi connectivity index (χ3n) is 4.47. The highest BCUT2D eigenvalue weighted by atomic mass is 79.9. The van der Waals surface area contributed by atoms with Crippen molar-refractivity contribution in [3.05, 3.63) is 92.9 Å². The molecule has 1 aliphatic heterocycles. The predicted octanol–water partition coefficient (Wildman–Crippen LogP) is 5.48. The molecule has 0 amide bonds. The molecule has 1 aromatic heterocycles. The van der Waals surface area contributed by atoms with Gasteiger partial charge in [-0.25, -0.2) is 9.13 Å². The van der Waals surface area contributed by atoms with Gasteiger partial charge in [0.05, 0.1) is 7.05 Å². The van der Waals surface area contributed by atoms with E-state index in [9.17, 15) is 0 Å². The topological polar surface area (TPSA) is 8.81 Å². The second-order valence-corrected chi connectivity index (χ2v) is 8.01. The van der Waals surface area contributed by atoms with E-state index in [1.165, 1.54) is 28.1 Å². The lowest BCUT2D eigenvalue weighted by atomic mass is 9.99. The molecule has 0 spiro atoms. The first-order valence-electron chi connectivity index (χ1n) is 8.09. The molecule has 4 heteroatoms. The third-order valence-corrected chi connectivity index (χ3v) is 5.53. The van der Waals surface area contributed by atoms with Crippen molar-refractivity contribution in [3.63, 3.8) is 0 Å². The lowest BCUT2D eigenvalue weighted by molar-refractivity contribution is -0.672. The molecule has 0 saturated heterocycles. The zero-order valence-corrected chi connectivity index (χ0v) is 17.0. The van der Waals surface area contributed by atoms with E-state index in [0.717, 1.165) is 15.5 Å². The average molecular weight is 457 g/mol. The van der Waals surface area contributed by atoms with Crippen LogP contribution in [-0.2, 0) is 13.6 Å². The van der Waals surface area contributed by atoms with E-state index < -0.39 is 0 Å². The highest BCUT2D eigenvalue weighted by Gasteiger charge is 2.19. The van der Waals surface area contributed by atoms with Gasteiger partial charge >= 0.3 is 0 Å². The molecule has 2 nitrogen and oxygen atoms in total. The lowest BCUT2D eigenvalue weighted by Crippen LogP contribution is -2.29. The molecule has 4 rings (SSSR count). The molecule has 1 aliphatic rings. The quantitative estimate of drug-likeness (QED) is 0.451. The van der Waals surface area contributed by atoms with E-state index in [1.54, 1.807) is 0 Å². The Morgan fingerprint density at radius 3 is 2.08 bits per heavy atom. The standard InChI is InChI=1S/C21H17Br2N2/c1-24-10-11-25-14-18(16-4-8-20(23)9-5-16)12-17(13-21(24)25)15-2-6-19(22)7-3-15/h2-13H,14H2,1H3/q+1. The zero-order chi connectivity index (χ0) is 17.4. The van der Waals surface area contributed by atoms with Gasteiger partial charge in [-0.3, -0.25) is 0 Å². The monoisotopic (exact) mass is 455 g/mol. The van der Waals surface area contributed by atoms with Crippen LogP contribution in [0.2, 0.25) is 0 Å². The molecule has 0 aliphatic carbocycles. The maximum Gasteiger partial charge on any atom is 0.282 e. The largest absolute Gasteiger partial charge is 0.282 e. The van der Waals surface area contributed by atoms with Gasteiger partial charge < -0.3 is 0 Å². The number of hydrogen-bond donors (Lipinski definition) is 0. The molecular weight excluding hydrogens is 440 g/mol. The van der Waals surface area contributed by atoms with Gasteiger partial charge in [-0.2, -0.15) is 0 Å². The fourth-order valence-corrected chi connectivity index (χ4v) is 3.63. The Labute approximate surface area is 164 Å². The summed E-state index contributed by atoms with van der Waals surface area (Å²) in [7, 11) is 2.09. The Morgan fingerprint density at radius 2 is 1.44 bits per heavy atom. The van der Waals surface area contributed by atoms with Crippen molar-refractivity contribution in [2.75, 3.05) is 0 Å². The van der Waals surface area contributed by atoms with E-state index in [-0.39, 0.29) is 0 Å². The van der Waals surface area contributed by atoms with E-state index in [2.05, 4.69) is 121 Å². The van der Waals surface area contributed by atoms with E-state index in [4.69, 9.17) is 0 Å². The Balaban J connectivity index is 1.87.